The maximum atomic E-state index is 11.7. The number of phenols is 1. The Hall–Kier alpha value is -2.77. The van der Waals surface area contributed by atoms with Crippen LogP contribution in [-0.4, -0.2) is 40.8 Å². The average molecular weight is 311 g/mol. The van der Waals surface area contributed by atoms with Gasteiger partial charge in [-0.05, 0) is 32.9 Å². The van der Waals surface area contributed by atoms with Crippen LogP contribution in [0.3, 0.4) is 0 Å². The molecule has 120 valence electrons. The van der Waals surface area contributed by atoms with Crippen LogP contribution >= 0.6 is 0 Å². The number of Topliss-reactive ketones (excluding diaryl/α,β-unsaturated/α-hetero) is 1. The number of nitrogens with one attached hydrogen (secondary N) is 1. The Bertz CT molecular complexity index is 616. The molecular formula is C14H17NO7. The molecule has 0 saturated heterocycles. The molecule has 1 aromatic rings. The molecule has 0 radical (unpaired) electrons. The van der Waals surface area contributed by atoms with Crippen LogP contribution in [0.2, 0.25) is 0 Å². The monoisotopic (exact) mass is 311 g/mol. The van der Waals surface area contributed by atoms with Crippen molar-refractivity contribution in [3.05, 3.63) is 17.7 Å². The number of methoxy groups -OCH3 is 1. The number of carbonyl (C=O) groups excluding carboxylic acids is 2. The summed E-state index contributed by atoms with van der Waals surface area (Å²) in [6, 6.07) is 2.09. The Morgan fingerprint density at radius 1 is 1.18 bits per heavy atom. The second-order valence-corrected chi connectivity index (χ2v) is 5.34. The van der Waals surface area contributed by atoms with E-state index in [0.29, 0.717) is 0 Å². The SMILES string of the molecule is COc1cc(C(=O)C(=O)O)cc(NC(=O)OC(C)(C)C)c1O. The van der Waals surface area contributed by atoms with Gasteiger partial charge >= 0.3 is 12.1 Å². The molecule has 1 aromatic carbocycles. The fourth-order valence-electron chi connectivity index (χ4n) is 1.53. The van der Waals surface area contributed by atoms with Gasteiger partial charge in [-0.1, -0.05) is 0 Å². The highest BCUT2D eigenvalue weighted by Crippen LogP contribution is 2.36. The predicted octanol–water partition coefficient (Wildman–Crippen LogP) is 2.02. The van der Waals surface area contributed by atoms with E-state index in [4.69, 9.17) is 14.6 Å². The van der Waals surface area contributed by atoms with E-state index in [1.807, 2.05) is 0 Å². The molecule has 0 atom stereocenters. The lowest BCUT2D eigenvalue weighted by Gasteiger charge is -2.20. The molecule has 1 rings (SSSR count). The highest BCUT2D eigenvalue weighted by molar-refractivity contribution is 6.40. The van der Waals surface area contributed by atoms with E-state index in [1.54, 1.807) is 20.8 Å². The van der Waals surface area contributed by atoms with Gasteiger partial charge in [0.2, 0.25) is 0 Å². The molecule has 22 heavy (non-hydrogen) atoms. The van der Waals surface area contributed by atoms with Crippen molar-refractivity contribution in [2.75, 3.05) is 12.4 Å². The van der Waals surface area contributed by atoms with Crippen molar-refractivity contribution < 1.29 is 34.1 Å². The predicted molar refractivity (Wildman–Crippen MR) is 76.5 cm³/mol. The zero-order chi connectivity index (χ0) is 17.1. The number of carbonyl (C=O) groups is 3. The summed E-state index contributed by atoms with van der Waals surface area (Å²) in [6.07, 6.45) is -0.871. The van der Waals surface area contributed by atoms with E-state index in [9.17, 15) is 19.5 Å². The number of carboxylic acids is 1. The number of phenolic OH excluding ortho intramolecular Hbond substituents is 1. The van der Waals surface area contributed by atoms with Crippen LogP contribution in [-0.2, 0) is 9.53 Å². The van der Waals surface area contributed by atoms with Crippen LogP contribution in [0.1, 0.15) is 31.1 Å². The number of carboxylic acid groups (broad SMARTS) is 1. The molecule has 0 aliphatic heterocycles. The first-order valence-corrected chi connectivity index (χ1v) is 6.23. The summed E-state index contributed by atoms with van der Waals surface area (Å²) in [5.74, 6) is -3.48. The van der Waals surface area contributed by atoms with E-state index >= 15 is 0 Å². The van der Waals surface area contributed by atoms with Crippen LogP contribution in [0.15, 0.2) is 12.1 Å². The Labute approximate surface area is 126 Å². The zero-order valence-corrected chi connectivity index (χ0v) is 12.6. The number of ether oxygens (including phenoxy) is 2. The molecule has 0 bridgehead atoms. The maximum Gasteiger partial charge on any atom is 0.412 e. The number of aromatic hydroxyl groups is 1. The number of hydrogen-bond acceptors (Lipinski definition) is 6. The summed E-state index contributed by atoms with van der Waals surface area (Å²) in [5, 5.41) is 20.9. The van der Waals surface area contributed by atoms with Crippen molar-refractivity contribution in [3.63, 3.8) is 0 Å². The van der Waals surface area contributed by atoms with Gasteiger partial charge in [-0.2, -0.15) is 0 Å². The number of amides is 1. The lowest BCUT2D eigenvalue weighted by Crippen LogP contribution is -2.27. The Morgan fingerprint density at radius 3 is 2.23 bits per heavy atom. The highest BCUT2D eigenvalue weighted by atomic mass is 16.6. The molecule has 0 saturated carbocycles. The number of aliphatic carboxylic acids is 1. The molecular weight excluding hydrogens is 294 g/mol. The largest absolute Gasteiger partial charge is 0.503 e. The Morgan fingerprint density at radius 2 is 1.77 bits per heavy atom. The minimum Gasteiger partial charge on any atom is -0.503 e. The molecule has 0 aromatic heterocycles. The third-order valence-corrected chi connectivity index (χ3v) is 2.39. The molecule has 1 amide bonds. The minimum atomic E-state index is -1.67. The van der Waals surface area contributed by atoms with Crippen LogP contribution in [0, 0.1) is 0 Å². The highest BCUT2D eigenvalue weighted by Gasteiger charge is 2.22. The second-order valence-electron chi connectivity index (χ2n) is 5.34. The van der Waals surface area contributed by atoms with Crippen molar-refractivity contribution in [1.82, 2.24) is 0 Å². The molecule has 0 unspecified atom stereocenters. The summed E-state index contributed by atoms with van der Waals surface area (Å²) >= 11 is 0. The smallest absolute Gasteiger partial charge is 0.412 e. The quantitative estimate of drug-likeness (QED) is 0.441. The number of ketones is 1. The standard InChI is InChI=1S/C14H17NO7/c1-14(2,3)22-13(20)15-8-5-7(10(16)12(18)19)6-9(21-4)11(8)17/h5-6,17H,1-4H3,(H,15,20)(H,18,19). The van der Waals surface area contributed by atoms with Crippen molar-refractivity contribution >= 4 is 23.5 Å². The first-order valence-electron chi connectivity index (χ1n) is 6.23. The minimum absolute atomic E-state index is 0.154. The molecule has 0 fully saturated rings. The summed E-state index contributed by atoms with van der Waals surface area (Å²) in [6.45, 7) is 4.95. The van der Waals surface area contributed by atoms with Crippen LogP contribution in [0.25, 0.3) is 0 Å². The van der Waals surface area contributed by atoms with Gasteiger partial charge in [-0.3, -0.25) is 10.1 Å². The normalized spacial score (nSPS) is 10.7. The molecule has 8 nitrogen and oxygen atoms in total. The van der Waals surface area contributed by atoms with Crippen molar-refractivity contribution in [2.45, 2.75) is 26.4 Å². The van der Waals surface area contributed by atoms with Crippen LogP contribution in [0.5, 0.6) is 11.5 Å². The number of anilines is 1. The fourth-order valence-corrected chi connectivity index (χ4v) is 1.53. The molecule has 3 N–H and O–H groups in total. The Balaban J connectivity index is 3.18. The van der Waals surface area contributed by atoms with Gasteiger partial charge in [-0.15, -0.1) is 0 Å². The van der Waals surface area contributed by atoms with Gasteiger partial charge in [0.1, 0.15) is 5.60 Å². The van der Waals surface area contributed by atoms with Gasteiger partial charge in [-0.25, -0.2) is 9.59 Å². The molecule has 0 spiro atoms. The molecule has 0 heterocycles. The summed E-state index contributed by atoms with van der Waals surface area (Å²) in [7, 11) is 1.22. The Kier molecular flexibility index (Phi) is 4.98. The van der Waals surface area contributed by atoms with E-state index in [2.05, 4.69) is 5.32 Å². The average Bonchev–Trinajstić information content (AvgIpc) is 2.37. The third kappa shape index (κ3) is 4.37. The molecule has 8 heteroatoms. The zero-order valence-electron chi connectivity index (χ0n) is 12.6. The lowest BCUT2D eigenvalue weighted by molar-refractivity contribution is -0.131. The van der Waals surface area contributed by atoms with Crippen molar-refractivity contribution in [1.29, 1.82) is 0 Å². The topological polar surface area (TPSA) is 122 Å². The number of rotatable bonds is 4. The van der Waals surface area contributed by atoms with Crippen LogP contribution in [0.4, 0.5) is 10.5 Å². The van der Waals surface area contributed by atoms with E-state index in [1.165, 1.54) is 7.11 Å². The lowest BCUT2D eigenvalue weighted by atomic mass is 10.1. The summed E-state index contributed by atoms with van der Waals surface area (Å²) < 4.78 is 9.87. The first kappa shape index (κ1) is 17.3. The van der Waals surface area contributed by atoms with Crippen LogP contribution < -0.4 is 10.1 Å². The van der Waals surface area contributed by atoms with Crippen molar-refractivity contribution in [2.24, 2.45) is 0 Å². The van der Waals surface area contributed by atoms with Gasteiger partial charge < -0.3 is 19.7 Å². The maximum absolute atomic E-state index is 11.7. The van der Waals surface area contributed by atoms with E-state index < -0.39 is 29.2 Å². The number of hydrogen-bond donors (Lipinski definition) is 3. The fraction of sp³-hybridized carbons (Fsp3) is 0.357. The summed E-state index contributed by atoms with van der Waals surface area (Å²) in [4.78, 5) is 34.0. The number of benzene rings is 1. The van der Waals surface area contributed by atoms with E-state index in [-0.39, 0.29) is 17.0 Å². The van der Waals surface area contributed by atoms with Gasteiger partial charge in [0, 0.05) is 5.56 Å². The van der Waals surface area contributed by atoms with Gasteiger partial charge in [0.15, 0.2) is 11.5 Å². The second kappa shape index (κ2) is 6.33. The van der Waals surface area contributed by atoms with E-state index in [0.717, 1.165) is 12.1 Å². The summed E-state index contributed by atoms with van der Waals surface area (Å²) in [5.41, 5.74) is -1.22. The molecule has 0 aliphatic carbocycles. The van der Waals surface area contributed by atoms with Crippen molar-refractivity contribution in [3.8, 4) is 11.5 Å². The van der Waals surface area contributed by atoms with Gasteiger partial charge in [0.05, 0.1) is 12.8 Å². The third-order valence-electron chi connectivity index (χ3n) is 2.39. The van der Waals surface area contributed by atoms with Gasteiger partial charge in [0.25, 0.3) is 5.78 Å². The molecule has 0 aliphatic rings. The first-order chi connectivity index (χ1) is 10.0.